The molecule has 0 radical (unpaired) electrons. The number of carbonyl (C=O) groups is 1. The molecule has 1 unspecified atom stereocenters. The van der Waals surface area contributed by atoms with Crippen LogP contribution in [0.25, 0.3) is 0 Å². The Morgan fingerprint density at radius 3 is 2.70 bits per heavy atom. The molecule has 0 saturated carbocycles. The van der Waals surface area contributed by atoms with E-state index in [1.54, 1.807) is 25.4 Å². The van der Waals surface area contributed by atoms with Crippen LogP contribution in [0.15, 0.2) is 18.3 Å². The highest BCUT2D eigenvalue weighted by Gasteiger charge is 2.32. The summed E-state index contributed by atoms with van der Waals surface area (Å²) in [7, 11) is 1.80. The van der Waals surface area contributed by atoms with E-state index in [0.29, 0.717) is 18.0 Å². The predicted octanol–water partition coefficient (Wildman–Crippen LogP) is 2.06. The smallest absolute Gasteiger partial charge is 0.256 e. The lowest BCUT2D eigenvalue weighted by molar-refractivity contribution is 0.0635. The molecule has 1 aliphatic rings. The van der Waals surface area contributed by atoms with Crippen LogP contribution < -0.4 is 5.32 Å². The number of anilines is 1. The predicted molar refractivity (Wildman–Crippen MR) is 87.3 cm³/mol. The van der Waals surface area contributed by atoms with Gasteiger partial charge in [0, 0.05) is 32.3 Å². The Balaban J connectivity index is 1.85. The summed E-state index contributed by atoms with van der Waals surface area (Å²) >= 11 is 0. The normalized spacial score (nSPS) is 17.3. The lowest BCUT2D eigenvalue weighted by Gasteiger charge is -2.34. The van der Waals surface area contributed by atoms with Crippen molar-refractivity contribution in [2.24, 2.45) is 0 Å². The quantitative estimate of drug-likeness (QED) is 0.938. The molecule has 3 heterocycles. The molecule has 23 heavy (non-hydrogen) atoms. The van der Waals surface area contributed by atoms with E-state index in [1.807, 2.05) is 11.8 Å². The average molecular weight is 314 g/mol. The van der Waals surface area contributed by atoms with E-state index in [2.05, 4.69) is 38.9 Å². The fourth-order valence-corrected chi connectivity index (χ4v) is 2.95. The number of fused-ring (bicyclic) bond motifs is 1. The maximum atomic E-state index is 12.8. The third-order valence-corrected chi connectivity index (χ3v) is 4.26. The Bertz CT molecular complexity index is 706. The number of nitrogens with zero attached hydrogens (tertiary/aromatic N) is 5. The third kappa shape index (κ3) is 2.67. The molecule has 0 bridgehead atoms. The number of nitrogens with one attached hydrogen (secondary N) is 1. The lowest BCUT2D eigenvalue weighted by atomic mass is 10.1. The zero-order valence-electron chi connectivity index (χ0n) is 13.9. The maximum absolute atomic E-state index is 12.8. The molecule has 2 aromatic rings. The highest BCUT2D eigenvalue weighted by Crippen LogP contribution is 2.27. The van der Waals surface area contributed by atoms with E-state index in [-0.39, 0.29) is 11.9 Å². The SMILES string of the molecule is CNc1ccc(C(=O)N2CCn3c(C(C)C)nnc3C2C)cn1. The molecule has 1 aliphatic heterocycles. The Morgan fingerprint density at radius 1 is 1.30 bits per heavy atom. The Hall–Kier alpha value is -2.44. The van der Waals surface area contributed by atoms with Crippen LogP contribution in [0.2, 0.25) is 0 Å². The molecule has 0 spiro atoms. The molecule has 122 valence electrons. The van der Waals surface area contributed by atoms with Gasteiger partial charge in [-0.25, -0.2) is 4.98 Å². The summed E-state index contributed by atoms with van der Waals surface area (Å²) in [6.45, 7) is 7.59. The van der Waals surface area contributed by atoms with Crippen LogP contribution in [0.4, 0.5) is 5.82 Å². The van der Waals surface area contributed by atoms with Gasteiger partial charge in [-0.1, -0.05) is 13.8 Å². The van der Waals surface area contributed by atoms with Crippen molar-refractivity contribution in [1.29, 1.82) is 0 Å². The summed E-state index contributed by atoms with van der Waals surface area (Å²) in [5.74, 6) is 2.89. The van der Waals surface area contributed by atoms with Crippen molar-refractivity contribution in [3.05, 3.63) is 35.5 Å². The van der Waals surface area contributed by atoms with Crippen LogP contribution in [0.1, 0.15) is 54.7 Å². The molecular weight excluding hydrogens is 292 g/mol. The highest BCUT2D eigenvalue weighted by molar-refractivity contribution is 5.94. The van der Waals surface area contributed by atoms with E-state index in [9.17, 15) is 4.79 Å². The Kier molecular flexibility index (Phi) is 4.02. The first-order valence-corrected chi connectivity index (χ1v) is 7.90. The molecule has 7 nitrogen and oxygen atoms in total. The maximum Gasteiger partial charge on any atom is 0.256 e. The molecule has 1 amide bonds. The van der Waals surface area contributed by atoms with E-state index in [4.69, 9.17) is 0 Å². The van der Waals surface area contributed by atoms with Crippen LogP contribution in [0.3, 0.4) is 0 Å². The van der Waals surface area contributed by atoms with Gasteiger partial charge in [0.1, 0.15) is 11.6 Å². The minimum Gasteiger partial charge on any atom is -0.373 e. The number of pyridine rings is 1. The summed E-state index contributed by atoms with van der Waals surface area (Å²) in [6, 6.07) is 3.51. The van der Waals surface area contributed by atoms with Gasteiger partial charge >= 0.3 is 0 Å². The summed E-state index contributed by atoms with van der Waals surface area (Å²) in [5.41, 5.74) is 0.591. The van der Waals surface area contributed by atoms with Crippen molar-refractivity contribution in [2.75, 3.05) is 18.9 Å². The first-order valence-electron chi connectivity index (χ1n) is 7.90. The molecule has 7 heteroatoms. The largest absolute Gasteiger partial charge is 0.373 e. The first kappa shape index (κ1) is 15.5. The van der Waals surface area contributed by atoms with Crippen LogP contribution in [0, 0.1) is 0 Å². The van der Waals surface area contributed by atoms with Crippen LogP contribution in [0.5, 0.6) is 0 Å². The molecule has 0 aromatic carbocycles. The molecule has 0 fully saturated rings. The summed E-state index contributed by atoms with van der Waals surface area (Å²) in [6.07, 6.45) is 1.61. The molecule has 0 aliphatic carbocycles. The van der Waals surface area contributed by atoms with Gasteiger partial charge in [-0.3, -0.25) is 4.79 Å². The lowest BCUT2D eigenvalue weighted by Crippen LogP contribution is -2.41. The second-order valence-electron chi connectivity index (χ2n) is 6.08. The summed E-state index contributed by atoms with van der Waals surface area (Å²) < 4.78 is 2.14. The van der Waals surface area contributed by atoms with Crippen LogP contribution in [-0.4, -0.2) is 44.1 Å². The van der Waals surface area contributed by atoms with Crippen LogP contribution in [-0.2, 0) is 6.54 Å². The van der Waals surface area contributed by atoms with Gasteiger partial charge in [-0.15, -0.1) is 10.2 Å². The van der Waals surface area contributed by atoms with Gasteiger partial charge in [-0.2, -0.15) is 0 Å². The van der Waals surface area contributed by atoms with Gasteiger partial charge < -0.3 is 14.8 Å². The zero-order valence-corrected chi connectivity index (χ0v) is 13.9. The number of hydrogen-bond acceptors (Lipinski definition) is 5. The number of carbonyl (C=O) groups excluding carboxylic acids is 1. The van der Waals surface area contributed by atoms with Crippen molar-refractivity contribution >= 4 is 11.7 Å². The second kappa shape index (κ2) is 5.98. The van der Waals surface area contributed by atoms with E-state index >= 15 is 0 Å². The van der Waals surface area contributed by atoms with Crippen molar-refractivity contribution in [2.45, 2.75) is 39.3 Å². The van der Waals surface area contributed by atoms with Crippen molar-refractivity contribution in [3.8, 4) is 0 Å². The van der Waals surface area contributed by atoms with Crippen molar-refractivity contribution in [1.82, 2.24) is 24.6 Å². The highest BCUT2D eigenvalue weighted by atomic mass is 16.2. The van der Waals surface area contributed by atoms with Crippen LogP contribution >= 0.6 is 0 Å². The molecule has 1 N–H and O–H groups in total. The fourth-order valence-electron chi connectivity index (χ4n) is 2.95. The van der Waals surface area contributed by atoms with Crippen molar-refractivity contribution in [3.63, 3.8) is 0 Å². The topological polar surface area (TPSA) is 75.9 Å². The van der Waals surface area contributed by atoms with E-state index in [1.165, 1.54) is 0 Å². The summed E-state index contributed by atoms with van der Waals surface area (Å²) in [5, 5.41) is 11.5. The number of hydrogen-bond donors (Lipinski definition) is 1. The standard InChI is InChI=1S/C16H22N6O/c1-10(2)14-19-20-15-11(3)21(7-8-22(14)15)16(23)12-5-6-13(17-4)18-9-12/h5-6,9-11H,7-8H2,1-4H3,(H,17,18). The summed E-state index contributed by atoms with van der Waals surface area (Å²) in [4.78, 5) is 18.8. The molecule has 3 rings (SSSR count). The van der Waals surface area contributed by atoms with Crippen molar-refractivity contribution < 1.29 is 4.79 Å². The number of amides is 1. The van der Waals surface area contributed by atoms with Gasteiger partial charge in [0.2, 0.25) is 0 Å². The molecule has 0 saturated heterocycles. The van der Waals surface area contributed by atoms with Gasteiger partial charge in [0.05, 0.1) is 11.6 Å². The monoisotopic (exact) mass is 314 g/mol. The van der Waals surface area contributed by atoms with E-state index in [0.717, 1.165) is 24.0 Å². The first-order chi connectivity index (χ1) is 11.0. The fraction of sp³-hybridized carbons (Fsp3) is 0.500. The number of rotatable bonds is 3. The second-order valence-corrected chi connectivity index (χ2v) is 6.08. The Morgan fingerprint density at radius 2 is 2.09 bits per heavy atom. The minimum atomic E-state index is -0.0970. The molecule has 1 atom stereocenters. The Labute approximate surface area is 135 Å². The van der Waals surface area contributed by atoms with Gasteiger partial charge in [0.15, 0.2) is 5.82 Å². The van der Waals surface area contributed by atoms with Gasteiger partial charge in [-0.05, 0) is 19.1 Å². The molecule has 2 aromatic heterocycles. The minimum absolute atomic E-state index is 0.0204. The average Bonchev–Trinajstić information content (AvgIpc) is 3.00. The molecular formula is C16H22N6O. The third-order valence-electron chi connectivity index (χ3n) is 4.26. The number of aromatic nitrogens is 4. The van der Waals surface area contributed by atoms with E-state index < -0.39 is 0 Å². The van der Waals surface area contributed by atoms with Gasteiger partial charge in [0.25, 0.3) is 5.91 Å². The zero-order chi connectivity index (χ0) is 16.6.